The molecule has 2 saturated carbocycles. The summed E-state index contributed by atoms with van der Waals surface area (Å²) in [7, 11) is -3.54. The van der Waals surface area contributed by atoms with Crippen LogP contribution in [0, 0.1) is 0 Å². The van der Waals surface area contributed by atoms with Crippen LogP contribution in [-0.4, -0.2) is 26.4 Å². The zero-order valence-electron chi connectivity index (χ0n) is 11.8. The predicted molar refractivity (Wildman–Crippen MR) is 79.5 cm³/mol. The smallest absolute Gasteiger partial charge is 0.251 e. The minimum atomic E-state index is -3.54. The number of rotatable bonds is 5. The highest BCUT2D eigenvalue weighted by atomic mass is 32.2. The fourth-order valence-electron chi connectivity index (χ4n) is 2.63. The third kappa shape index (κ3) is 3.63. The van der Waals surface area contributed by atoms with Crippen LogP contribution in [0.3, 0.4) is 0 Å². The lowest BCUT2D eigenvalue weighted by Gasteiger charge is -2.13. The van der Waals surface area contributed by atoms with Crippen molar-refractivity contribution in [1.82, 2.24) is 10.0 Å². The first-order valence-corrected chi connectivity index (χ1v) is 8.96. The van der Waals surface area contributed by atoms with E-state index in [9.17, 15) is 13.2 Å². The maximum Gasteiger partial charge on any atom is 0.251 e. The molecular weight excluding hydrogens is 288 g/mol. The lowest BCUT2D eigenvalue weighted by Crippen LogP contribution is -2.33. The van der Waals surface area contributed by atoms with Gasteiger partial charge in [-0.15, -0.1) is 0 Å². The Kier molecular flexibility index (Phi) is 3.99. The van der Waals surface area contributed by atoms with Gasteiger partial charge in [0, 0.05) is 17.6 Å². The molecule has 1 amide bonds. The first-order chi connectivity index (χ1) is 10.0. The van der Waals surface area contributed by atoms with E-state index in [0.29, 0.717) is 5.56 Å². The van der Waals surface area contributed by atoms with Crippen LogP contribution in [0.2, 0.25) is 0 Å². The number of benzene rings is 1. The average Bonchev–Trinajstić information content (AvgIpc) is 3.13. The maximum absolute atomic E-state index is 12.4. The Hall–Kier alpha value is -1.40. The number of nitrogens with one attached hydrogen (secondary N) is 2. The summed E-state index contributed by atoms with van der Waals surface area (Å²) < 4.78 is 27.4. The zero-order chi connectivity index (χ0) is 14.9. The number of hydrogen-bond acceptors (Lipinski definition) is 3. The lowest BCUT2D eigenvalue weighted by atomic mass is 10.2. The summed E-state index contributed by atoms with van der Waals surface area (Å²) >= 11 is 0. The summed E-state index contributed by atoms with van der Waals surface area (Å²) in [6.07, 6.45) is 5.93. The van der Waals surface area contributed by atoms with Crippen molar-refractivity contribution in [2.45, 2.75) is 55.5 Å². The van der Waals surface area contributed by atoms with Gasteiger partial charge in [0.05, 0.1) is 4.90 Å². The van der Waals surface area contributed by atoms with Gasteiger partial charge in [0.25, 0.3) is 5.91 Å². The van der Waals surface area contributed by atoms with Gasteiger partial charge in [0.1, 0.15) is 0 Å². The maximum atomic E-state index is 12.4. The number of amides is 1. The van der Waals surface area contributed by atoms with Gasteiger partial charge in [-0.3, -0.25) is 4.79 Å². The van der Waals surface area contributed by atoms with E-state index in [4.69, 9.17) is 0 Å². The van der Waals surface area contributed by atoms with E-state index in [1.807, 2.05) is 0 Å². The van der Waals surface area contributed by atoms with Crippen molar-refractivity contribution >= 4 is 15.9 Å². The molecule has 2 N–H and O–H groups in total. The van der Waals surface area contributed by atoms with Crippen molar-refractivity contribution < 1.29 is 13.2 Å². The Labute approximate surface area is 125 Å². The molecule has 2 fully saturated rings. The molecule has 0 radical (unpaired) electrons. The molecule has 0 unspecified atom stereocenters. The predicted octanol–water partition coefficient (Wildman–Crippen LogP) is 1.80. The van der Waals surface area contributed by atoms with E-state index >= 15 is 0 Å². The Balaban J connectivity index is 1.75. The SMILES string of the molecule is O=C(NC1CC1)c1cccc(S(=O)(=O)NC2CCCC2)c1. The van der Waals surface area contributed by atoms with Gasteiger partial charge in [0.15, 0.2) is 0 Å². The zero-order valence-corrected chi connectivity index (χ0v) is 12.7. The summed E-state index contributed by atoms with van der Waals surface area (Å²) in [5.74, 6) is -0.199. The number of carbonyl (C=O) groups is 1. The van der Waals surface area contributed by atoms with Crippen LogP contribution in [0.15, 0.2) is 29.2 Å². The van der Waals surface area contributed by atoms with E-state index < -0.39 is 10.0 Å². The fraction of sp³-hybridized carbons (Fsp3) is 0.533. The van der Waals surface area contributed by atoms with Crippen molar-refractivity contribution in [2.24, 2.45) is 0 Å². The van der Waals surface area contributed by atoms with Gasteiger partial charge < -0.3 is 5.32 Å². The van der Waals surface area contributed by atoms with E-state index in [1.165, 1.54) is 12.1 Å². The minimum absolute atomic E-state index is 0.0268. The average molecular weight is 308 g/mol. The van der Waals surface area contributed by atoms with Crippen molar-refractivity contribution in [3.8, 4) is 0 Å². The molecule has 6 heteroatoms. The normalized spacial score (nSPS) is 19.6. The second-order valence-electron chi connectivity index (χ2n) is 5.88. The van der Waals surface area contributed by atoms with Crippen LogP contribution in [0.1, 0.15) is 48.9 Å². The Morgan fingerprint density at radius 3 is 2.43 bits per heavy atom. The standard InChI is InChI=1S/C15H20N2O3S/c18-15(16-12-8-9-12)11-4-3-7-14(10-11)21(19,20)17-13-5-1-2-6-13/h3-4,7,10,12-13,17H,1-2,5-6,8-9H2,(H,16,18). The van der Waals surface area contributed by atoms with Gasteiger partial charge in [-0.05, 0) is 43.9 Å². The molecule has 0 aromatic heterocycles. The molecule has 5 nitrogen and oxygen atoms in total. The molecule has 2 aliphatic carbocycles. The third-order valence-electron chi connectivity index (χ3n) is 4.00. The molecule has 0 spiro atoms. The van der Waals surface area contributed by atoms with Gasteiger partial charge >= 0.3 is 0 Å². The second-order valence-corrected chi connectivity index (χ2v) is 7.59. The number of sulfonamides is 1. The summed E-state index contributed by atoms with van der Waals surface area (Å²) in [6, 6.07) is 6.53. The number of hydrogen-bond donors (Lipinski definition) is 2. The van der Waals surface area contributed by atoms with Crippen LogP contribution in [0.5, 0.6) is 0 Å². The van der Waals surface area contributed by atoms with Crippen molar-refractivity contribution in [1.29, 1.82) is 0 Å². The van der Waals surface area contributed by atoms with E-state index in [2.05, 4.69) is 10.0 Å². The molecule has 3 rings (SSSR count). The Morgan fingerprint density at radius 2 is 1.76 bits per heavy atom. The molecule has 0 aliphatic heterocycles. The monoisotopic (exact) mass is 308 g/mol. The van der Waals surface area contributed by atoms with E-state index in [-0.39, 0.29) is 22.9 Å². The highest BCUT2D eigenvalue weighted by Crippen LogP contribution is 2.22. The van der Waals surface area contributed by atoms with Crippen LogP contribution < -0.4 is 10.0 Å². The number of carbonyl (C=O) groups excluding carboxylic acids is 1. The largest absolute Gasteiger partial charge is 0.349 e. The summed E-state index contributed by atoms with van der Waals surface area (Å²) in [5, 5.41) is 2.87. The van der Waals surface area contributed by atoms with E-state index in [0.717, 1.165) is 38.5 Å². The van der Waals surface area contributed by atoms with Crippen LogP contribution >= 0.6 is 0 Å². The summed E-state index contributed by atoms with van der Waals surface area (Å²) in [4.78, 5) is 12.2. The molecule has 1 aromatic carbocycles. The Morgan fingerprint density at radius 1 is 1.05 bits per heavy atom. The van der Waals surface area contributed by atoms with Crippen molar-refractivity contribution in [3.63, 3.8) is 0 Å². The lowest BCUT2D eigenvalue weighted by molar-refractivity contribution is 0.0951. The molecule has 21 heavy (non-hydrogen) atoms. The summed E-state index contributed by atoms with van der Waals surface area (Å²) in [5.41, 5.74) is 0.399. The van der Waals surface area contributed by atoms with Crippen LogP contribution in [-0.2, 0) is 10.0 Å². The second kappa shape index (κ2) is 5.77. The Bertz CT molecular complexity index is 632. The van der Waals surface area contributed by atoms with Crippen LogP contribution in [0.25, 0.3) is 0 Å². The molecule has 0 atom stereocenters. The molecule has 2 aliphatic rings. The van der Waals surface area contributed by atoms with Crippen molar-refractivity contribution in [2.75, 3.05) is 0 Å². The fourth-order valence-corrected chi connectivity index (χ4v) is 3.98. The van der Waals surface area contributed by atoms with Gasteiger partial charge in [-0.25, -0.2) is 13.1 Å². The first-order valence-electron chi connectivity index (χ1n) is 7.48. The topological polar surface area (TPSA) is 75.3 Å². The molecule has 0 saturated heterocycles. The molecular formula is C15H20N2O3S. The molecule has 114 valence electrons. The molecule has 0 heterocycles. The molecule has 1 aromatic rings. The summed E-state index contributed by atoms with van der Waals surface area (Å²) in [6.45, 7) is 0. The van der Waals surface area contributed by atoms with Gasteiger partial charge in [-0.1, -0.05) is 18.9 Å². The third-order valence-corrected chi connectivity index (χ3v) is 5.51. The van der Waals surface area contributed by atoms with Crippen molar-refractivity contribution in [3.05, 3.63) is 29.8 Å². The molecule has 0 bridgehead atoms. The highest BCUT2D eigenvalue weighted by Gasteiger charge is 2.26. The van der Waals surface area contributed by atoms with Gasteiger partial charge in [-0.2, -0.15) is 0 Å². The van der Waals surface area contributed by atoms with E-state index in [1.54, 1.807) is 12.1 Å². The first kappa shape index (κ1) is 14.5. The van der Waals surface area contributed by atoms with Crippen LogP contribution in [0.4, 0.5) is 0 Å². The minimum Gasteiger partial charge on any atom is -0.349 e. The highest BCUT2D eigenvalue weighted by molar-refractivity contribution is 7.89. The quantitative estimate of drug-likeness (QED) is 0.871. The van der Waals surface area contributed by atoms with Gasteiger partial charge in [0.2, 0.25) is 10.0 Å².